The van der Waals surface area contributed by atoms with Crippen LogP contribution >= 0.6 is 0 Å². The Bertz CT molecular complexity index is 1060. The standard InChI is InChI=1S/C23H22N4O/c1-27-6-4-17(5-7-27)23(28)11-22-10-20-9-18(2-3-19(20)15-26-22)21-8-16(12-24)13-25-14-21/h2-3,8-10,13-15,17H,4-7,11H2,1H3. The molecule has 1 aliphatic heterocycles. The Balaban J connectivity index is 1.57. The van der Waals surface area contributed by atoms with Gasteiger partial charge in [-0.05, 0) is 62.1 Å². The van der Waals surface area contributed by atoms with Gasteiger partial charge in [0.1, 0.15) is 11.9 Å². The van der Waals surface area contributed by atoms with Gasteiger partial charge in [-0.15, -0.1) is 0 Å². The van der Waals surface area contributed by atoms with E-state index in [0.29, 0.717) is 17.8 Å². The SMILES string of the molecule is CN1CCC(C(=O)Cc2cc3cc(-c4cncc(C#N)c4)ccc3cn2)CC1. The first-order valence-corrected chi connectivity index (χ1v) is 9.58. The summed E-state index contributed by atoms with van der Waals surface area (Å²) in [6.45, 7) is 1.97. The molecule has 0 unspecified atom stereocenters. The molecule has 2 aromatic heterocycles. The molecule has 0 atom stereocenters. The molecule has 28 heavy (non-hydrogen) atoms. The average molecular weight is 370 g/mol. The van der Waals surface area contributed by atoms with Crippen LogP contribution in [0.3, 0.4) is 0 Å². The monoisotopic (exact) mass is 370 g/mol. The second kappa shape index (κ2) is 7.87. The number of ketones is 1. The molecule has 5 heteroatoms. The maximum Gasteiger partial charge on any atom is 0.142 e. The molecule has 0 saturated carbocycles. The lowest BCUT2D eigenvalue weighted by atomic mass is 9.90. The van der Waals surface area contributed by atoms with E-state index in [4.69, 9.17) is 5.26 Å². The summed E-state index contributed by atoms with van der Waals surface area (Å²) in [5, 5.41) is 11.2. The number of piperidine rings is 1. The zero-order chi connectivity index (χ0) is 19.5. The Hall–Kier alpha value is -3.10. The highest BCUT2D eigenvalue weighted by Gasteiger charge is 2.23. The average Bonchev–Trinajstić information content (AvgIpc) is 2.73. The van der Waals surface area contributed by atoms with Crippen molar-refractivity contribution in [3.63, 3.8) is 0 Å². The lowest BCUT2D eigenvalue weighted by Gasteiger charge is -2.27. The Morgan fingerprint density at radius 3 is 2.71 bits per heavy atom. The Labute approximate surface area is 164 Å². The molecule has 0 radical (unpaired) electrons. The number of hydrogen-bond acceptors (Lipinski definition) is 5. The van der Waals surface area contributed by atoms with Gasteiger partial charge >= 0.3 is 0 Å². The van der Waals surface area contributed by atoms with Crippen molar-refractivity contribution >= 4 is 16.6 Å². The Morgan fingerprint density at radius 2 is 1.93 bits per heavy atom. The van der Waals surface area contributed by atoms with Crippen molar-refractivity contribution in [1.82, 2.24) is 14.9 Å². The fourth-order valence-electron chi connectivity index (χ4n) is 3.78. The molecular weight excluding hydrogens is 348 g/mol. The normalized spacial score (nSPS) is 15.4. The summed E-state index contributed by atoms with van der Waals surface area (Å²) in [6.07, 6.45) is 7.42. The number of rotatable bonds is 4. The predicted octanol–water partition coefficient (Wildman–Crippen LogP) is 3.62. The van der Waals surface area contributed by atoms with E-state index in [2.05, 4.69) is 34.1 Å². The highest BCUT2D eigenvalue weighted by Crippen LogP contribution is 2.25. The second-order valence-corrected chi connectivity index (χ2v) is 7.53. The van der Waals surface area contributed by atoms with Gasteiger partial charge in [0.05, 0.1) is 5.56 Å². The summed E-state index contributed by atoms with van der Waals surface area (Å²) < 4.78 is 0. The van der Waals surface area contributed by atoms with Gasteiger partial charge < -0.3 is 4.90 Å². The van der Waals surface area contributed by atoms with Gasteiger partial charge in [-0.1, -0.05) is 12.1 Å². The topological polar surface area (TPSA) is 69.9 Å². The molecule has 0 bridgehead atoms. The molecule has 1 aromatic carbocycles. The minimum atomic E-state index is 0.153. The number of nitriles is 1. The number of carbonyl (C=O) groups is 1. The third-order valence-electron chi connectivity index (χ3n) is 5.51. The highest BCUT2D eigenvalue weighted by molar-refractivity contribution is 5.88. The summed E-state index contributed by atoms with van der Waals surface area (Å²) in [5.41, 5.74) is 3.26. The van der Waals surface area contributed by atoms with Crippen LogP contribution in [0.5, 0.6) is 0 Å². The van der Waals surface area contributed by atoms with E-state index in [9.17, 15) is 4.79 Å². The van der Waals surface area contributed by atoms with Gasteiger partial charge in [-0.2, -0.15) is 5.26 Å². The molecule has 5 nitrogen and oxygen atoms in total. The van der Waals surface area contributed by atoms with Crippen molar-refractivity contribution < 1.29 is 4.79 Å². The molecule has 3 aromatic rings. The number of pyridine rings is 2. The molecule has 1 fully saturated rings. The zero-order valence-corrected chi connectivity index (χ0v) is 15.9. The van der Waals surface area contributed by atoms with Crippen LogP contribution in [0.15, 0.2) is 48.9 Å². The van der Waals surface area contributed by atoms with Crippen molar-refractivity contribution in [3.8, 4) is 17.2 Å². The van der Waals surface area contributed by atoms with Crippen molar-refractivity contribution in [2.45, 2.75) is 19.3 Å². The molecule has 0 spiro atoms. The largest absolute Gasteiger partial charge is 0.306 e. The lowest BCUT2D eigenvalue weighted by molar-refractivity contribution is -0.123. The Morgan fingerprint density at radius 1 is 1.11 bits per heavy atom. The third-order valence-corrected chi connectivity index (χ3v) is 5.51. The summed E-state index contributed by atoms with van der Waals surface area (Å²) >= 11 is 0. The molecule has 140 valence electrons. The van der Waals surface area contributed by atoms with Crippen LogP contribution in [-0.4, -0.2) is 40.8 Å². The lowest BCUT2D eigenvalue weighted by Crippen LogP contribution is -2.34. The van der Waals surface area contributed by atoms with E-state index >= 15 is 0 Å². The minimum Gasteiger partial charge on any atom is -0.306 e. The van der Waals surface area contributed by atoms with Gasteiger partial charge in [-0.3, -0.25) is 14.8 Å². The van der Waals surface area contributed by atoms with Crippen molar-refractivity contribution in [1.29, 1.82) is 5.26 Å². The van der Waals surface area contributed by atoms with Crippen LogP contribution in [0.4, 0.5) is 0 Å². The number of benzene rings is 1. The van der Waals surface area contributed by atoms with E-state index in [1.54, 1.807) is 12.4 Å². The molecule has 1 saturated heterocycles. The van der Waals surface area contributed by atoms with Crippen LogP contribution in [0.2, 0.25) is 0 Å². The summed E-state index contributed by atoms with van der Waals surface area (Å²) in [6, 6.07) is 12.1. The van der Waals surface area contributed by atoms with Crippen LogP contribution in [0.1, 0.15) is 24.1 Å². The van der Waals surface area contributed by atoms with Crippen molar-refractivity contribution in [3.05, 3.63) is 60.2 Å². The highest BCUT2D eigenvalue weighted by atomic mass is 16.1. The number of Topliss-reactive ketones (excluding diaryl/α,β-unsaturated/α-hetero) is 1. The quantitative estimate of drug-likeness (QED) is 0.701. The van der Waals surface area contributed by atoms with Crippen LogP contribution in [0, 0.1) is 17.2 Å². The number of aromatic nitrogens is 2. The van der Waals surface area contributed by atoms with Crippen LogP contribution in [0.25, 0.3) is 21.9 Å². The summed E-state index contributed by atoms with van der Waals surface area (Å²) in [4.78, 5) is 23.6. The maximum atomic E-state index is 12.7. The number of fused-ring (bicyclic) bond motifs is 1. The fourth-order valence-corrected chi connectivity index (χ4v) is 3.78. The number of likely N-dealkylation sites (tertiary alicyclic amines) is 1. The van der Waals surface area contributed by atoms with Crippen molar-refractivity contribution in [2.24, 2.45) is 5.92 Å². The van der Waals surface area contributed by atoms with E-state index in [0.717, 1.165) is 53.5 Å². The van der Waals surface area contributed by atoms with Crippen molar-refractivity contribution in [2.75, 3.05) is 20.1 Å². The minimum absolute atomic E-state index is 0.153. The number of carbonyl (C=O) groups excluding carboxylic acids is 1. The van der Waals surface area contributed by atoms with E-state index in [1.807, 2.05) is 30.5 Å². The molecule has 3 heterocycles. The third kappa shape index (κ3) is 3.92. The van der Waals surface area contributed by atoms with Crippen LogP contribution < -0.4 is 0 Å². The van der Waals surface area contributed by atoms with Gasteiger partial charge in [0, 0.05) is 47.6 Å². The van der Waals surface area contributed by atoms with E-state index < -0.39 is 0 Å². The summed E-state index contributed by atoms with van der Waals surface area (Å²) in [7, 11) is 2.10. The van der Waals surface area contributed by atoms with Gasteiger partial charge in [0.15, 0.2) is 0 Å². The zero-order valence-electron chi connectivity index (χ0n) is 15.9. The first kappa shape index (κ1) is 18.3. The molecule has 0 amide bonds. The molecule has 0 aliphatic carbocycles. The first-order valence-electron chi connectivity index (χ1n) is 9.58. The van der Waals surface area contributed by atoms with E-state index in [-0.39, 0.29) is 5.92 Å². The first-order chi connectivity index (χ1) is 13.6. The molecular formula is C23H22N4O. The second-order valence-electron chi connectivity index (χ2n) is 7.53. The fraction of sp³-hybridized carbons (Fsp3) is 0.304. The van der Waals surface area contributed by atoms with Gasteiger partial charge in [-0.25, -0.2) is 0 Å². The number of hydrogen-bond donors (Lipinski definition) is 0. The smallest absolute Gasteiger partial charge is 0.142 e. The molecule has 0 N–H and O–H groups in total. The predicted molar refractivity (Wildman–Crippen MR) is 109 cm³/mol. The summed E-state index contributed by atoms with van der Waals surface area (Å²) in [5.74, 6) is 0.446. The molecule has 4 rings (SSSR count). The molecule has 1 aliphatic rings. The number of nitrogens with zero attached hydrogens (tertiary/aromatic N) is 4. The van der Waals surface area contributed by atoms with Gasteiger partial charge in [0.25, 0.3) is 0 Å². The van der Waals surface area contributed by atoms with E-state index in [1.165, 1.54) is 0 Å². The maximum absolute atomic E-state index is 12.7. The van der Waals surface area contributed by atoms with Gasteiger partial charge in [0.2, 0.25) is 0 Å². The van der Waals surface area contributed by atoms with Crippen LogP contribution in [-0.2, 0) is 11.2 Å². The Kier molecular flexibility index (Phi) is 5.14.